The third-order valence-electron chi connectivity index (χ3n) is 5.83. The van der Waals surface area contributed by atoms with Gasteiger partial charge in [0.25, 0.3) is 0 Å². The van der Waals surface area contributed by atoms with Crippen LogP contribution in [0.2, 0.25) is 0 Å². The number of likely N-dealkylation sites (N-methyl/N-ethyl adjacent to an activating group) is 1. The number of amides is 4. The van der Waals surface area contributed by atoms with Crippen LogP contribution in [-0.4, -0.2) is 96.3 Å². The van der Waals surface area contributed by atoms with Crippen molar-refractivity contribution < 1.29 is 43.3 Å². The molecule has 2 aromatic rings. The van der Waals surface area contributed by atoms with Gasteiger partial charge in [-0.05, 0) is 43.7 Å². The Balaban J connectivity index is 0. The van der Waals surface area contributed by atoms with Crippen molar-refractivity contribution in [1.82, 2.24) is 31.0 Å². The van der Waals surface area contributed by atoms with E-state index in [-0.39, 0.29) is 60.9 Å². The Morgan fingerprint density at radius 3 is 2.22 bits per heavy atom. The highest BCUT2D eigenvalue weighted by Crippen LogP contribution is 2.27. The van der Waals surface area contributed by atoms with E-state index in [4.69, 9.17) is 20.3 Å². The quantitative estimate of drug-likeness (QED) is 0.0663. The topological polar surface area (TPSA) is 245 Å². The molecule has 17 heteroatoms. The van der Waals surface area contributed by atoms with E-state index in [0.717, 1.165) is 0 Å². The summed E-state index contributed by atoms with van der Waals surface area (Å²) in [7, 11) is 3.51. The van der Waals surface area contributed by atoms with Gasteiger partial charge in [-0.3, -0.25) is 19.1 Å². The highest BCUT2D eigenvalue weighted by Gasteiger charge is 2.19. The minimum Gasteiger partial charge on any atom is -0.480 e. The van der Waals surface area contributed by atoms with Crippen LogP contribution in [0.1, 0.15) is 66.4 Å². The molecule has 1 aromatic heterocycles. The lowest BCUT2D eigenvalue weighted by atomic mass is 10.1. The summed E-state index contributed by atoms with van der Waals surface area (Å²) in [5.74, 6) is -2.19. The summed E-state index contributed by atoms with van der Waals surface area (Å²) in [6, 6.07) is 5.68. The second kappa shape index (κ2) is 29.8. The number of nitrogens with zero attached hydrogens (tertiary/aromatic N) is 2. The van der Waals surface area contributed by atoms with Gasteiger partial charge in [0.2, 0.25) is 11.8 Å². The summed E-state index contributed by atoms with van der Waals surface area (Å²) < 4.78 is 12.2. The predicted molar refractivity (Wildman–Crippen MR) is 194 cm³/mol. The Morgan fingerprint density at radius 1 is 1.08 bits per heavy atom. The van der Waals surface area contributed by atoms with E-state index < -0.39 is 24.6 Å². The fourth-order valence-corrected chi connectivity index (χ4v) is 3.34. The maximum absolute atomic E-state index is 12.6. The lowest BCUT2D eigenvalue weighted by Gasteiger charge is -2.18. The minimum absolute atomic E-state index is 0.0132. The lowest BCUT2D eigenvalue weighted by Crippen LogP contribution is -2.39. The Morgan fingerprint density at radius 2 is 1.75 bits per heavy atom. The molecule has 0 aliphatic carbocycles. The van der Waals surface area contributed by atoms with Crippen LogP contribution in [0.3, 0.4) is 0 Å². The summed E-state index contributed by atoms with van der Waals surface area (Å²) >= 11 is 0. The number of benzene rings is 1. The Hall–Kier alpha value is -5.03. The maximum Gasteiger partial charge on any atom is 0.341 e. The van der Waals surface area contributed by atoms with Crippen molar-refractivity contribution in [3.63, 3.8) is 0 Å². The number of carboxylic acids is 1. The number of aryl methyl sites for hydroxylation is 1. The largest absolute Gasteiger partial charge is 0.480 e. The Kier molecular flexibility index (Phi) is 28.1. The number of carbonyl (C=O) groups excluding carboxylic acids is 5. The van der Waals surface area contributed by atoms with E-state index in [1.807, 2.05) is 33.2 Å². The van der Waals surface area contributed by atoms with Gasteiger partial charge in [-0.25, -0.2) is 9.59 Å². The molecule has 51 heavy (non-hydrogen) atoms. The van der Waals surface area contributed by atoms with Crippen molar-refractivity contribution >= 4 is 41.8 Å². The summed E-state index contributed by atoms with van der Waals surface area (Å²) in [4.78, 5) is 66.5. The van der Waals surface area contributed by atoms with Crippen molar-refractivity contribution in [3.05, 3.63) is 42.2 Å². The van der Waals surface area contributed by atoms with Gasteiger partial charge in [-0.2, -0.15) is 5.10 Å². The Bertz CT molecular complexity index is 1290. The smallest absolute Gasteiger partial charge is 0.341 e. The normalized spacial score (nSPS) is 10.5. The van der Waals surface area contributed by atoms with Crippen LogP contribution in [0.15, 0.2) is 36.7 Å². The molecule has 1 atom stereocenters. The van der Waals surface area contributed by atoms with E-state index in [1.165, 1.54) is 12.5 Å². The fourth-order valence-electron chi connectivity index (χ4n) is 3.34. The number of aliphatic carboxylic acids is 1. The number of hydrogen-bond acceptors (Lipinski definition) is 11. The number of primary amides is 1. The molecule has 0 aliphatic rings. The molecule has 1 unspecified atom stereocenters. The highest BCUT2D eigenvalue weighted by molar-refractivity contribution is 5.96. The van der Waals surface area contributed by atoms with E-state index in [2.05, 4.69) is 45.5 Å². The molecule has 0 radical (unpaired) electrons. The van der Waals surface area contributed by atoms with Crippen molar-refractivity contribution in [2.75, 3.05) is 38.6 Å². The number of rotatable bonds is 18. The zero-order valence-corrected chi connectivity index (χ0v) is 31.1. The average molecular weight is 723 g/mol. The minimum atomic E-state index is -1.18. The molecule has 0 aliphatic heterocycles. The first-order valence-corrected chi connectivity index (χ1v) is 16.6. The van der Waals surface area contributed by atoms with Crippen molar-refractivity contribution in [3.8, 4) is 5.75 Å². The zero-order chi connectivity index (χ0) is 39.2. The molecule has 0 spiro atoms. The molecule has 0 saturated heterocycles. The predicted octanol–water partition coefficient (Wildman–Crippen LogP) is 1.96. The molecule has 2 rings (SSSR count). The number of nitrogens with two attached hydrogens (primary N) is 1. The maximum atomic E-state index is 12.6. The van der Waals surface area contributed by atoms with Gasteiger partial charge in [0.1, 0.15) is 18.6 Å². The number of urea groups is 1. The summed E-state index contributed by atoms with van der Waals surface area (Å²) in [6.45, 7) is 11.7. The number of hydrogen-bond donors (Lipinski definition) is 7. The summed E-state index contributed by atoms with van der Waals surface area (Å²) in [5.41, 5.74) is 5.86. The molecule has 288 valence electrons. The fraction of sp³-hybridized carbons (Fsp3) is 0.559. The number of aldehydes is 1. The van der Waals surface area contributed by atoms with Crippen LogP contribution in [0.25, 0.3) is 0 Å². The first-order valence-electron chi connectivity index (χ1n) is 16.6. The number of carbonyl (C=O) groups is 6. The molecule has 1 heterocycles. The number of aromatic nitrogens is 2. The van der Waals surface area contributed by atoms with E-state index in [0.29, 0.717) is 31.2 Å². The van der Waals surface area contributed by atoms with Crippen LogP contribution in [0.4, 0.5) is 10.5 Å². The molecule has 0 bridgehead atoms. The van der Waals surface area contributed by atoms with Crippen molar-refractivity contribution in [1.29, 1.82) is 0 Å². The SMILES string of the molecule is CC(C)NCC(=O)NCC=O.CCC.CNC(CCCNC(N)=O)C(=O)Nc1ccc(COC(=O)C(C)C)cc1OCC(=O)O.Cn1cccn1. The van der Waals surface area contributed by atoms with Crippen LogP contribution in [-0.2, 0) is 42.4 Å². The molecule has 4 amide bonds. The second-order valence-corrected chi connectivity index (χ2v) is 11.4. The van der Waals surface area contributed by atoms with E-state index >= 15 is 0 Å². The van der Waals surface area contributed by atoms with Gasteiger partial charge >= 0.3 is 18.0 Å². The first-order chi connectivity index (χ1) is 24.1. The summed E-state index contributed by atoms with van der Waals surface area (Å²) in [6.07, 6.45) is 6.49. The van der Waals surface area contributed by atoms with E-state index in [1.54, 1.807) is 43.9 Å². The number of carboxylic acid groups (broad SMARTS) is 1. The lowest BCUT2D eigenvalue weighted by molar-refractivity contribution is -0.148. The molecule has 8 N–H and O–H groups in total. The third-order valence-corrected chi connectivity index (χ3v) is 5.83. The van der Waals surface area contributed by atoms with Gasteiger partial charge < -0.3 is 51.7 Å². The van der Waals surface area contributed by atoms with Crippen LogP contribution in [0.5, 0.6) is 5.75 Å². The van der Waals surface area contributed by atoms with Gasteiger partial charge in [-0.1, -0.05) is 54.0 Å². The molecule has 0 saturated carbocycles. The van der Waals surface area contributed by atoms with Crippen LogP contribution >= 0.6 is 0 Å². The molecular formula is C34H58N8O9. The van der Waals surface area contributed by atoms with Gasteiger partial charge in [0.15, 0.2) is 6.61 Å². The highest BCUT2D eigenvalue weighted by atomic mass is 16.5. The zero-order valence-electron chi connectivity index (χ0n) is 31.1. The number of anilines is 1. The number of nitrogens with one attached hydrogen (secondary N) is 5. The second-order valence-electron chi connectivity index (χ2n) is 11.4. The first kappa shape index (κ1) is 48.1. The Labute approximate surface area is 300 Å². The van der Waals surface area contributed by atoms with Crippen molar-refractivity contribution in [2.45, 2.75) is 79.5 Å². The summed E-state index contributed by atoms with van der Waals surface area (Å²) in [5, 5.41) is 26.1. The standard InChI is InChI=1S/C20H30N4O7.C7H14N2O2.C4H6N2.C3H8/c1-12(2)19(28)31-10-13-6-7-14(16(9-13)30-11-17(25)26)24-18(27)15(22-3)5-4-8-23-20(21)29;1-6(2)9-5-7(11)8-3-4-10;1-6-4-2-3-5-6;1-3-2/h6-7,9,12,15,22H,4-5,8,10-11H2,1-3H3,(H,24,27)(H,25,26)(H3,21,23,29);4,6,9H,3,5H2,1-2H3,(H,8,11);2-4H,1H3;3H2,1-2H3. The molecular weight excluding hydrogens is 664 g/mol. The molecule has 17 nitrogen and oxygen atoms in total. The van der Waals surface area contributed by atoms with Gasteiger partial charge in [0.05, 0.1) is 30.7 Å². The third kappa shape index (κ3) is 27.5. The number of ether oxygens (including phenoxy) is 2. The monoisotopic (exact) mass is 722 g/mol. The van der Waals surface area contributed by atoms with Crippen LogP contribution < -0.4 is 37.1 Å². The van der Waals surface area contributed by atoms with E-state index in [9.17, 15) is 28.8 Å². The van der Waals surface area contributed by atoms with Crippen LogP contribution in [0, 0.1) is 5.92 Å². The molecule has 1 aromatic carbocycles. The molecule has 0 fully saturated rings. The average Bonchev–Trinajstić information content (AvgIpc) is 3.56. The van der Waals surface area contributed by atoms with Crippen molar-refractivity contribution in [2.24, 2.45) is 18.7 Å². The van der Waals surface area contributed by atoms with Gasteiger partial charge in [-0.15, -0.1) is 0 Å². The number of esters is 1. The van der Waals surface area contributed by atoms with Gasteiger partial charge in [0, 0.05) is 32.0 Å².